The number of hydrogen-bond donors (Lipinski definition) is 3. The second-order valence-electron chi connectivity index (χ2n) is 4.04. The van der Waals surface area contributed by atoms with E-state index in [0.717, 1.165) is 6.07 Å². The summed E-state index contributed by atoms with van der Waals surface area (Å²) in [5.41, 5.74) is 2.68. The average molecular weight is 325 g/mol. The van der Waals surface area contributed by atoms with Gasteiger partial charge in [0.1, 0.15) is 11.5 Å². The van der Waals surface area contributed by atoms with Crippen molar-refractivity contribution < 1.29 is 15.0 Å². The molecule has 0 aliphatic carbocycles. The number of phenolic OH excluding ortho intramolecular Hbond substituents is 2. The molecular weight excluding hydrogens is 315 g/mol. The Morgan fingerprint density at radius 3 is 2.43 bits per heavy atom. The van der Waals surface area contributed by atoms with Gasteiger partial charge in [-0.25, -0.2) is 5.43 Å². The van der Waals surface area contributed by atoms with Gasteiger partial charge in [-0.05, 0) is 24.3 Å². The molecule has 0 aromatic heterocycles. The summed E-state index contributed by atoms with van der Waals surface area (Å²) in [5, 5.41) is 23.2. The van der Waals surface area contributed by atoms with E-state index in [4.69, 9.17) is 28.3 Å². The monoisotopic (exact) mass is 324 g/mol. The lowest BCUT2D eigenvalue weighted by Gasteiger charge is -2.04. The topological polar surface area (TPSA) is 81.9 Å². The number of carbonyl (C=O) groups is 1. The summed E-state index contributed by atoms with van der Waals surface area (Å²) in [6.07, 6.45) is 1.31. The molecule has 0 aliphatic rings. The summed E-state index contributed by atoms with van der Waals surface area (Å²) in [7, 11) is 0. The predicted molar refractivity (Wildman–Crippen MR) is 81.3 cm³/mol. The van der Waals surface area contributed by atoms with Gasteiger partial charge in [0.15, 0.2) is 0 Å². The van der Waals surface area contributed by atoms with Crippen LogP contribution in [-0.2, 0) is 0 Å². The first-order chi connectivity index (χ1) is 9.99. The van der Waals surface area contributed by atoms with Crippen molar-refractivity contribution >= 4 is 35.3 Å². The summed E-state index contributed by atoms with van der Waals surface area (Å²) < 4.78 is 0. The van der Waals surface area contributed by atoms with Gasteiger partial charge in [0.05, 0.1) is 21.8 Å². The van der Waals surface area contributed by atoms with Crippen molar-refractivity contribution in [1.29, 1.82) is 0 Å². The molecular formula is C14H10Cl2N2O3. The fourth-order valence-corrected chi connectivity index (χ4v) is 2.06. The Morgan fingerprint density at radius 2 is 1.81 bits per heavy atom. The minimum atomic E-state index is -0.632. The number of halogens is 2. The fourth-order valence-electron chi connectivity index (χ4n) is 1.56. The number of carbonyl (C=O) groups excluding carboxylic acids is 1. The van der Waals surface area contributed by atoms with Crippen LogP contribution in [-0.4, -0.2) is 22.3 Å². The van der Waals surface area contributed by atoms with E-state index in [9.17, 15) is 9.90 Å². The number of nitrogens with zero attached hydrogens (tertiary/aromatic N) is 1. The minimum absolute atomic E-state index is 0.0183. The van der Waals surface area contributed by atoms with Crippen molar-refractivity contribution in [1.82, 2.24) is 5.43 Å². The average Bonchev–Trinajstić information content (AvgIpc) is 2.42. The molecule has 2 rings (SSSR count). The lowest BCUT2D eigenvalue weighted by atomic mass is 10.2. The maximum atomic E-state index is 11.8. The fraction of sp³-hybridized carbons (Fsp3) is 0. The molecule has 108 valence electrons. The number of nitrogens with one attached hydrogen (secondary N) is 1. The molecule has 0 aliphatic heterocycles. The van der Waals surface area contributed by atoms with E-state index in [0.29, 0.717) is 15.6 Å². The van der Waals surface area contributed by atoms with Gasteiger partial charge in [-0.3, -0.25) is 4.79 Å². The van der Waals surface area contributed by atoms with Gasteiger partial charge in [-0.2, -0.15) is 5.10 Å². The van der Waals surface area contributed by atoms with Gasteiger partial charge < -0.3 is 10.2 Å². The molecule has 0 saturated heterocycles. The van der Waals surface area contributed by atoms with Gasteiger partial charge in [0, 0.05) is 11.6 Å². The largest absolute Gasteiger partial charge is 0.508 e. The molecule has 0 bridgehead atoms. The lowest BCUT2D eigenvalue weighted by molar-refractivity contribution is 0.0952. The number of hydrazone groups is 1. The smallest absolute Gasteiger partial charge is 0.275 e. The van der Waals surface area contributed by atoms with E-state index in [2.05, 4.69) is 10.5 Å². The number of aromatic hydroxyl groups is 2. The zero-order chi connectivity index (χ0) is 15.4. The van der Waals surface area contributed by atoms with Gasteiger partial charge in [-0.1, -0.05) is 29.3 Å². The summed E-state index contributed by atoms with van der Waals surface area (Å²) in [5.74, 6) is -1.12. The van der Waals surface area contributed by atoms with Crippen LogP contribution < -0.4 is 5.43 Å². The number of phenols is 2. The molecule has 7 heteroatoms. The second-order valence-corrected chi connectivity index (χ2v) is 4.85. The molecule has 1 amide bonds. The molecule has 2 aromatic carbocycles. The third-order valence-corrected chi connectivity index (χ3v) is 3.24. The number of rotatable bonds is 3. The number of amides is 1. The highest BCUT2D eigenvalue weighted by Gasteiger charge is 2.10. The second kappa shape index (κ2) is 6.47. The molecule has 2 aromatic rings. The third kappa shape index (κ3) is 3.65. The van der Waals surface area contributed by atoms with Crippen molar-refractivity contribution in [2.75, 3.05) is 0 Å². The molecule has 0 radical (unpaired) electrons. The van der Waals surface area contributed by atoms with Crippen LogP contribution in [0.1, 0.15) is 15.9 Å². The summed E-state index contributed by atoms with van der Waals surface area (Å²) in [4.78, 5) is 11.8. The normalized spacial score (nSPS) is 10.8. The molecule has 5 nitrogen and oxygen atoms in total. The Kier molecular flexibility index (Phi) is 4.67. The highest BCUT2D eigenvalue weighted by molar-refractivity contribution is 6.38. The van der Waals surface area contributed by atoms with E-state index >= 15 is 0 Å². The van der Waals surface area contributed by atoms with Crippen LogP contribution in [0.25, 0.3) is 0 Å². The summed E-state index contributed by atoms with van der Waals surface area (Å²) in [6.45, 7) is 0. The highest BCUT2D eigenvalue weighted by Crippen LogP contribution is 2.23. The van der Waals surface area contributed by atoms with Crippen LogP contribution in [0.15, 0.2) is 41.5 Å². The van der Waals surface area contributed by atoms with Crippen molar-refractivity contribution in [2.45, 2.75) is 0 Å². The van der Waals surface area contributed by atoms with Crippen LogP contribution in [0, 0.1) is 0 Å². The number of benzene rings is 2. The molecule has 0 saturated carbocycles. The quantitative estimate of drug-likeness (QED) is 0.599. The minimum Gasteiger partial charge on any atom is -0.508 e. The molecule has 3 N–H and O–H groups in total. The Hall–Kier alpha value is -2.24. The zero-order valence-corrected chi connectivity index (χ0v) is 12.1. The molecule has 0 fully saturated rings. The van der Waals surface area contributed by atoms with E-state index in [1.165, 1.54) is 18.3 Å². The Labute approximate surface area is 130 Å². The maximum Gasteiger partial charge on any atom is 0.275 e. The maximum absolute atomic E-state index is 11.8. The summed E-state index contributed by atoms with van der Waals surface area (Å²) in [6, 6.07) is 8.59. The first-order valence-electron chi connectivity index (χ1n) is 5.78. The van der Waals surface area contributed by atoms with Crippen molar-refractivity contribution in [2.24, 2.45) is 5.10 Å². The van der Waals surface area contributed by atoms with Crippen molar-refractivity contribution in [3.05, 3.63) is 57.6 Å². The lowest BCUT2D eigenvalue weighted by Crippen LogP contribution is -2.17. The Bertz CT molecular complexity index is 697. The van der Waals surface area contributed by atoms with E-state index in [1.54, 1.807) is 18.2 Å². The molecule has 0 atom stereocenters. The van der Waals surface area contributed by atoms with Gasteiger partial charge in [-0.15, -0.1) is 0 Å². The molecule has 0 heterocycles. The van der Waals surface area contributed by atoms with Gasteiger partial charge in [0.25, 0.3) is 5.91 Å². The molecule has 0 unspecified atom stereocenters. The first-order valence-corrected chi connectivity index (χ1v) is 6.54. The van der Waals surface area contributed by atoms with Gasteiger partial charge in [0.2, 0.25) is 0 Å². The SMILES string of the molecule is O=C(N/N=C/c1c(Cl)cccc1Cl)c1ccc(O)cc1O. The predicted octanol–water partition coefficient (Wildman–Crippen LogP) is 3.17. The van der Waals surface area contributed by atoms with Gasteiger partial charge >= 0.3 is 0 Å². The highest BCUT2D eigenvalue weighted by atomic mass is 35.5. The van der Waals surface area contributed by atoms with Crippen LogP contribution in [0.4, 0.5) is 0 Å². The number of hydrogen-bond acceptors (Lipinski definition) is 4. The van der Waals surface area contributed by atoms with Crippen molar-refractivity contribution in [3.63, 3.8) is 0 Å². The van der Waals surface area contributed by atoms with Crippen LogP contribution in [0.5, 0.6) is 11.5 Å². The first kappa shape index (κ1) is 15.2. The standard InChI is InChI=1S/C14H10Cl2N2O3/c15-11-2-1-3-12(16)10(11)7-17-18-14(21)9-5-4-8(19)6-13(9)20/h1-7,19-20H,(H,18,21)/b17-7+. The van der Waals surface area contributed by atoms with E-state index in [-0.39, 0.29) is 17.1 Å². The van der Waals surface area contributed by atoms with Crippen LogP contribution in [0.2, 0.25) is 10.0 Å². The van der Waals surface area contributed by atoms with E-state index < -0.39 is 5.91 Å². The van der Waals surface area contributed by atoms with Crippen LogP contribution in [0.3, 0.4) is 0 Å². The molecule has 0 spiro atoms. The van der Waals surface area contributed by atoms with Crippen molar-refractivity contribution in [3.8, 4) is 11.5 Å². The van der Waals surface area contributed by atoms with E-state index in [1.807, 2.05) is 0 Å². The third-order valence-electron chi connectivity index (χ3n) is 2.59. The summed E-state index contributed by atoms with van der Waals surface area (Å²) >= 11 is 11.9. The Morgan fingerprint density at radius 1 is 1.14 bits per heavy atom. The zero-order valence-electron chi connectivity index (χ0n) is 10.5. The Balaban J connectivity index is 2.12. The van der Waals surface area contributed by atoms with Crippen LogP contribution >= 0.6 is 23.2 Å². The molecule has 21 heavy (non-hydrogen) atoms.